The van der Waals surface area contributed by atoms with Gasteiger partial charge in [-0.3, -0.25) is 4.79 Å². The van der Waals surface area contributed by atoms with Gasteiger partial charge < -0.3 is 15.0 Å². The minimum Gasteiger partial charge on any atom is -0.373 e. The molecule has 2 heterocycles. The maximum absolute atomic E-state index is 13.2. The number of carbonyl (C=O) groups excluding carboxylic acids is 1. The van der Waals surface area contributed by atoms with E-state index < -0.39 is 25.5 Å². The van der Waals surface area contributed by atoms with Crippen molar-refractivity contribution in [3.63, 3.8) is 0 Å². The summed E-state index contributed by atoms with van der Waals surface area (Å²) in [5, 5.41) is 2.52. The van der Waals surface area contributed by atoms with E-state index in [9.17, 15) is 21.6 Å². The van der Waals surface area contributed by atoms with E-state index in [2.05, 4.69) is 14.9 Å². The second-order valence-corrected chi connectivity index (χ2v) is 15.5. The maximum atomic E-state index is 13.2. The van der Waals surface area contributed by atoms with Gasteiger partial charge in [0.2, 0.25) is 15.9 Å². The SMILES string of the molecule is CC(C)S(=O)(=O)N[C@H]1CC[C@H](C(=O)Nc2ccc(N3CCN(S(=O)(=O)N4C[C@@H](C)O[C@@H](C)C4)CC3)cc2)CC1. The number of anilines is 2. The van der Waals surface area contributed by atoms with Gasteiger partial charge in [0, 0.05) is 62.6 Å². The summed E-state index contributed by atoms with van der Waals surface area (Å²) in [6, 6.07) is 7.52. The number of piperazine rings is 1. The van der Waals surface area contributed by atoms with Crippen molar-refractivity contribution in [2.45, 2.75) is 76.9 Å². The van der Waals surface area contributed by atoms with E-state index in [1.54, 1.807) is 18.2 Å². The van der Waals surface area contributed by atoms with Gasteiger partial charge in [-0.05, 0) is 77.6 Å². The minimum atomic E-state index is -3.53. The van der Waals surface area contributed by atoms with E-state index in [0.717, 1.165) is 5.69 Å². The first-order valence-corrected chi connectivity index (χ1v) is 16.9. The lowest BCUT2D eigenvalue weighted by molar-refractivity contribution is -0.120. The molecule has 4 rings (SSSR count). The molecule has 11 nitrogen and oxygen atoms in total. The Hall–Kier alpha value is -1.77. The molecule has 2 saturated heterocycles. The third-order valence-corrected chi connectivity index (χ3v) is 11.7. The standard InChI is InChI=1S/C26H43N5O6S2/c1-19(2)38(33,34)28-24-7-5-22(6-8-24)26(32)27-23-9-11-25(12-10-23)29-13-15-30(16-14-29)39(35,36)31-17-20(3)37-21(4)18-31/h9-12,19-22,24,28H,5-8,13-18H2,1-4H3,(H,27,32)/t20-,21+,22-,24-. The molecule has 0 radical (unpaired) electrons. The second-order valence-electron chi connectivity index (χ2n) is 11.3. The van der Waals surface area contributed by atoms with Crippen molar-refractivity contribution >= 4 is 37.5 Å². The van der Waals surface area contributed by atoms with Gasteiger partial charge in [-0.2, -0.15) is 17.0 Å². The zero-order valence-corrected chi connectivity index (χ0v) is 25.0. The number of morpholine rings is 1. The van der Waals surface area contributed by atoms with Gasteiger partial charge in [-0.15, -0.1) is 0 Å². The fraction of sp³-hybridized carbons (Fsp3) is 0.731. The van der Waals surface area contributed by atoms with Crippen LogP contribution in [0.1, 0.15) is 53.4 Å². The molecular formula is C26H43N5O6S2. The largest absolute Gasteiger partial charge is 0.373 e. The Morgan fingerprint density at radius 3 is 1.97 bits per heavy atom. The van der Waals surface area contributed by atoms with E-state index >= 15 is 0 Å². The van der Waals surface area contributed by atoms with E-state index in [0.29, 0.717) is 70.6 Å². The molecule has 0 unspecified atom stereocenters. The molecule has 2 N–H and O–H groups in total. The van der Waals surface area contributed by atoms with E-state index in [-0.39, 0.29) is 30.1 Å². The quantitative estimate of drug-likeness (QED) is 0.478. The van der Waals surface area contributed by atoms with Crippen LogP contribution in [0.3, 0.4) is 0 Å². The molecule has 2 atom stereocenters. The summed E-state index contributed by atoms with van der Waals surface area (Å²) in [7, 11) is -6.84. The predicted molar refractivity (Wildman–Crippen MR) is 152 cm³/mol. The van der Waals surface area contributed by atoms with Crippen LogP contribution in [-0.4, -0.2) is 94.1 Å². The van der Waals surface area contributed by atoms with Crippen molar-refractivity contribution in [2.24, 2.45) is 5.92 Å². The van der Waals surface area contributed by atoms with Crippen molar-refractivity contribution in [1.29, 1.82) is 0 Å². The Labute approximate surface area is 233 Å². The van der Waals surface area contributed by atoms with Crippen molar-refractivity contribution in [3.05, 3.63) is 24.3 Å². The van der Waals surface area contributed by atoms with Crippen LogP contribution in [-0.2, 0) is 29.8 Å². The molecule has 13 heteroatoms. The van der Waals surface area contributed by atoms with Crippen LogP contribution >= 0.6 is 0 Å². The van der Waals surface area contributed by atoms with E-state index in [4.69, 9.17) is 4.74 Å². The number of benzene rings is 1. The summed E-state index contributed by atoms with van der Waals surface area (Å²) in [5.41, 5.74) is 1.69. The Morgan fingerprint density at radius 2 is 1.44 bits per heavy atom. The van der Waals surface area contributed by atoms with Crippen LogP contribution < -0.4 is 14.9 Å². The zero-order chi connectivity index (χ0) is 28.4. The molecule has 0 bridgehead atoms. The van der Waals surface area contributed by atoms with Crippen molar-refractivity contribution in [3.8, 4) is 0 Å². The lowest BCUT2D eigenvalue weighted by atomic mass is 9.86. The lowest BCUT2D eigenvalue weighted by Gasteiger charge is -2.40. The highest BCUT2D eigenvalue weighted by atomic mass is 32.2. The molecule has 0 spiro atoms. The van der Waals surface area contributed by atoms with E-state index in [1.807, 2.05) is 38.1 Å². The molecule has 1 aromatic rings. The Morgan fingerprint density at radius 1 is 0.872 bits per heavy atom. The summed E-state index contributed by atoms with van der Waals surface area (Å²) in [5.74, 6) is -0.185. The highest BCUT2D eigenvalue weighted by Gasteiger charge is 2.37. The Kier molecular flexibility index (Phi) is 9.60. The number of rotatable bonds is 8. The monoisotopic (exact) mass is 585 g/mol. The average molecular weight is 586 g/mol. The number of carbonyl (C=O) groups is 1. The van der Waals surface area contributed by atoms with Crippen molar-refractivity contribution < 1.29 is 26.4 Å². The van der Waals surface area contributed by atoms with Gasteiger partial charge in [-0.1, -0.05) is 0 Å². The number of hydrogen-bond acceptors (Lipinski definition) is 7. The van der Waals surface area contributed by atoms with Crippen LogP contribution in [0.4, 0.5) is 11.4 Å². The number of amides is 1. The smallest absolute Gasteiger partial charge is 0.282 e. The summed E-state index contributed by atoms with van der Waals surface area (Å²) >= 11 is 0. The normalized spacial score (nSPS) is 28.0. The summed E-state index contributed by atoms with van der Waals surface area (Å²) in [4.78, 5) is 15.0. The Bertz CT molecular complexity index is 1180. The van der Waals surface area contributed by atoms with Gasteiger partial charge >= 0.3 is 0 Å². The molecule has 1 amide bonds. The third-order valence-electron chi connectivity index (χ3n) is 7.83. The van der Waals surface area contributed by atoms with Crippen LogP contribution in [0.25, 0.3) is 0 Å². The minimum absolute atomic E-state index is 0.0431. The first kappa shape index (κ1) is 30.2. The highest BCUT2D eigenvalue weighted by Crippen LogP contribution is 2.27. The molecule has 39 heavy (non-hydrogen) atoms. The topological polar surface area (TPSA) is 128 Å². The molecule has 1 saturated carbocycles. The van der Waals surface area contributed by atoms with Gasteiger partial charge in [0.15, 0.2) is 0 Å². The van der Waals surface area contributed by atoms with Gasteiger partial charge in [0.25, 0.3) is 10.2 Å². The van der Waals surface area contributed by atoms with Crippen molar-refractivity contribution in [2.75, 3.05) is 49.5 Å². The maximum Gasteiger partial charge on any atom is 0.282 e. The summed E-state index contributed by atoms with van der Waals surface area (Å²) < 4.78 is 62.1. The van der Waals surface area contributed by atoms with Gasteiger partial charge in [-0.25, -0.2) is 13.1 Å². The first-order valence-electron chi connectivity index (χ1n) is 13.9. The lowest BCUT2D eigenvalue weighted by Crippen LogP contribution is -2.57. The van der Waals surface area contributed by atoms with Crippen LogP contribution in [0.15, 0.2) is 24.3 Å². The predicted octanol–water partition coefficient (Wildman–Crippen LogP) is 1.99. The Balaban J connectivity index is 1.24. The molecule has 0 aromatic heterocycles. The van der Waals surface area contributed by atoms with Crippen LogP contribution in [0, 0.1) is 5.92 Å². The third kappa shape index (κ3) is 7.50. The molecular weight excluding hydrogens is 542 g/mol. The molecule has 3 aliphatic rings. The van der Waals surface area contributed by atoms with Crippen LogP contribution in [0.5, 0.6) is 0 Å². The number of hydrogen-bond donors (Lipinski definition) is 2. The first-order chi connectivity index (χ1) is 18.3. The molecule has 1 aromatic carbocycles. The highest BCUT2D eigenvalue weighted by molar-refractivity contribution is 7.90. The summed E-state index contributed by atoms with van der Waals surface area (Å²) in [6.45, 7) is 9.86. The number of nitrogens with zero attached hydrogens (tertiary/aromatic N) is 3. The fourth-order valence-electron chi connectivity index (χ4n) is 5.50. The number of ether oxygens (including phenoxy) is 1. The zero-order valence-electron chi connectivity index (χ0n) is 23.4. The van der Waals surface area contributed by atoms with Crippen LogP contribution in [0.2, 0.25) is 0 Å². The van der Waals surface area contributed by atoms with Gasteiger partial charge in [0.1, 0.15) is 0 Å². The second kappa shape index (κ2) is 12.4. The molecule has 2 aliphatic heterocycles. The molecule has 3 fully saturated rings. The summed E-state index contributed by atoms with van der Waals surface area (Å²) in [6.07, 6.45) is 2.34. The fourth-order valence-corrected chi connectivity index (χ4v) is 8.22. The molecule has 1 aliphatic carbocycles. The number of nitrogens with one attached hydrogen (secondary N) is 2. The van der Waals surface area contributed by atoms with Gasteiger partial charge in [0.05, 0.1) is 17.5 Å². The average Bonchev–Trinajstić information content (AvgIpc) is 2.89. The van der Waals surface area contributed by atoms with Crippen molar-refractivity contribution in [1.82, 2.24) is 13.3 Å². The molecule has 220 valence electrons. The number of sulfonamides is 1. The van der Waals surface area contributed by atoms with E-state index in [1.165, 1.54) is 4.31 Å².